The van der Waals surface area contributed by atoms with Crippen LogP contribution in [0.4, 0.5) is 0 Å². The van der Waals surface area contributed by atoms with Gasteiger partial charge in [0.25, 0.3) is 0 Å². The molecule has 1 unspecified atom stereocenters. The Balaban J connectivity index is 1.55. The first-order chi connectivity index (χ1) is 14.9. The van der Waals surface area contributed by atoms with Crippen molar-refractivity contribution in [3.63, 3.8) is 0 Å². The molecule has 1 amide bonds. The van der Waals surface area contributed by atoms with E-state index in [1.807, 2.05) is 11.8 Å². The Morgan fingerprint density at radius 2 is 1.84 bits per heavy atom. The number of hydrogen-bond donors (Lipinski definition) is 3. The molecule has 172 valence electrons. The van der Waals surface area contributed by atoms with Crippen LogP contribution in [0, 0.1) is 5.92 Å². The second kappa shape index (κ2) is 10.9. The molecule has 1 saturated carbocycles. The summed E-state index contributed by atoms with van der Waals surface area (Å²) in [6, 6.07) is 6.91. The maximum absolute atomic E-state index is 12.8. The van der Waals surface area contributed by atoms with Crippen LogP contribution in [0.15, 0.2) is 34.2 Å². The van der Waals surface area contributed by atoms with E-state index in [0.29, 0.717) is 18.4 Å². The summed E-state index contributed by atoms with van der Waals surface area (Å²) >= 11 is 0. The molecule has 1 heterocycles. The topological polar surface area (TPSA) is 103 Å². The molecule has 0 bridgehead atoms. The van der Waals surface area contributed by atoms with Gasteiger partial charge in [-0.2, -0.15) is 0 Å². The number of nitrogens with zero attached hydrogens (tertiary/aromatic N) is 2. The molecule has 0 aromatic heterocycles. The van der Waals surface area contributed by atoms with Gasteiger partial charge in [-0.05, 0) is 50.9 Å². The van der Waals surface area contributed by atoms with Crippen LogP contribution in [0.25, 0.3) is 0 Å². The quantitative estimate of drug-likeness (QED) is 0.435. The van der Waals surface area contributed by atoms with E-state index in [9.17, 15) is 13.2 Å². The fraction of sp³-hybridized carbons (Fsp3) is 0.636. The molecule has 2 aliphatic rings. The fourth-order valence-corrected chi connectivity index (χ4v) is 4.99. The molecule has 1 atom stereocenters. The summed E-state index contributed by atoms with van der Waals surface area (Å²) in [4.78, 5) is 19.7. The molecule has 0 radical (unpaired) electrons. The lowest BCUT2D eigenvalue weighted by molar-refractivity contribution is -0.135. The van der Waals surface area contributed by atoms with Gasteiger partial charge in [-0.1, -0.05) is 31.4 Å². The van der Waals surface area contributed by atoms with Crippen molar-refractivity contribution in [2.45, 2.75) is 62.9 Å². The Hall–Kier alpha value is -2.13. The number of nitrogens with one attached hydrogen (secondary N) is 3. The number of benzene rings is 1. The van der Waals surface area contributed by atoms with Gasteiger partial charge in [0.05, 0.1) is 11.4 Å². The van der Waals surface area contributed by atoms with E-state index in [1.54, 1.807) is 24.3 Å². The summed E-state index contributed by atoms with van der Waals surface area (Å²) in [5.74, 6) is 1.25. The van der Waals surface area contributed by atoms with Gasteiger partial charge in [0.15, 0.2) is 5.96 Å². The lowest BCUT2D eigenvalue weighted by atomic mass is 9.88. The summed E-state index contributed by atoms with van der Waals surface area (Å²) in [5.41, 5.74) is 0.924. The summed E-state index contributed by atoms with van der Waals surface area (Å²) in [5, 5.41) is 6.72. The van der Waals surface area contributed by atoms with E-state index < -0.39 is 10.0 Å². The van der Waals surface area contributed by atoms with Gasteiger partial charge in [-0.3, -0.25) is 4.79 Å². The minimum absolute atomic E-state index is 0.188. The highest BCUT2D eigenvalue weighted by Gasteiger charge is 2.31. The predicted molar refractivity (Wildman–Crippen MR) is 122 cm³/mol. The van der Waals surface area contributed by atoms with Crippen LogP contribution >= 0.6 is 0 Å². The molecule has 9 heteroatoms. The predicted octanol–water partition coefficient (Wildman–Crippen LogP) is 1.83. The van der Waals surface area contributed by atoms with Gasteiger partial charge in [0.2, 0.25) is 15.9 Å². The number of guanidine groups is 1. The van der Waals surface area contributed by atoms with Gasteiger partial charge < -0.3 is 15.5 Å². The lowest BCUT2D eigenvalue weighted by Gasteiger charge is -2.26. The van der Waals surface area contributed by atoms with Crippen molar-refractivity contribution in [3.05, 3.63) is 29.8 Å². The second-order valence-corrected chi connectivity index (χ2v) is 10.2. The monoisotopic (exact) mass is 449 g/mol. The van der Waals surface area contributed by atoms with Crippen molar-refractivity contribution in [1.82, 2.24) is 20.3 Å². The van der Waals surface area contributed by atoms with E-state index in [1.165, 1.54) is 26.3 Å². The van der Waals surface area contributed by atoms with Gasteiger partial charge in [0, 0.05) is 31.6 Å². The molecular weight excluding hydrogens is 414 g/mol. The van der Waals surface area contributed by atoms with Gasteiger partial charge in [-0.25, -0.2) is 18.1 Å². The van der Waals surface area contributed by atoms with Crippen molar-refractivity contribution < 1.29 is 13.2 Å². The Morgan fingerprint density at radius 3 is 2.48 bits per heavy atom. The number of carbonyl (C=O) groups is 1. The minimum atomic E-state index is -3.43. The summed E-state index contributed by atoms with van der Waals surface area (Å²) < 4.78 is 26.0. The van der Waals surface area contributed by atoms with Crippen LogP contribution in [0.3, 0.4) is 0 Å². The number of likely N-dealkylation sites (tertiary alicyclic amines) is 1. The van der Waals surface area contributed by atoms with Gasteiger partial charge >= 0.3 is 0 Å². The van der Waals surface area contributed by atoms with Gasteiger partial charge in [-0.15, -0.1) is 0 Å². The Labute approximate surface area is 185 Å². The highest BCUT2D eigenvalue weighted by atomic mass is 32.2. The molecular formula is C22H35N5O3S. The number of hydrogen-bond acceptors (Lipinski definition) is 4. The first kappa shape index (κ1) is 23.5. The molecule has 3 N–H and O–H groups in total. The Morgan fingerprint density at radius 1 is 1.13 bits per heavy atom. The van der Waals surface area contributed by atoms with Crippen LogP contribution in [-0.2, 0) is 21.4 Å². The zero-order valence-electron chi connectivity index (χ0n) is 18.6. The smallest absolute Gasteiger partial charge is 0.240 e. The molecule has 0 spiro atoms. The Kier molecular flexibility index (Phi) is 8.31. The number of rotatable bonds is 7. The van der Waals surface area contributed by atoms with E-state index in [2.05, 4.69) is 20.3 Å². The van der Waals surface area contributed by atoms with Crippen molar-refractivity contribution in [2.24, 2.45) is 10.9 Å². The van der Waals surface area contributed by atoms with Crippen molar-refractivity contribution in [1.29, 1.82) is 0 Å². The fourth-order valence-electron chi connectivity index (χ4n) is 4.26. The first-order valence-corrected chi connectivity index (χ1v) is 12.8. The highest BCUT2D eigenvalue weighted by molar-refractivity contribution is 7.89. The van der Waals surface area contributed by atoms with E-state index in [4.69, 9.17) is 0 Å². The summed E-state index contributed by atoms with van der Waals surface area (Å²) in [6.45, 7) is 4.71. The zero-order chi connectivity index (χ0) is 22.3. The van der Waals surface area contributed by atoms with Crippen LogP contribution in [-0.4, -0.2) is 57.9 Å². The molecule has 1 aromatic rings. The molecule has 3 rings (SSSR count). The normalized spacial score (nSPS) is 20.6. The van der Waals surface area contributed by atoms with Crippen molar-refractivity contribution in [2.75, 3.05) is 26.7 Å². The zero-order valence-corrected chi connectivity index (χ0v) is 19.4. The number of amides is 1. The highest BCUT2D eigenvalue weighted by Crippen LogP contribution is 2.26. The average molecular weight is 450 g/mol. The minimum Gasteiger partial charge on any atom is -0.357 e. The number of carbonyl (C=O) groups excluding carboxylic acids is 1. The molecule has 2 fully saturated rings. The average Bonchev–Trinajstić information content (AvgIpc) is 3.26. The molecule has 8 nitrogen and oxygen atoms in total. The largest absolute Gasteiger partial charge is 0.357 e. The van der Waals surface area contributed by atoms with Crippen LogP contribution < -0.4 is 15.4 Å². The summed E-state index contributed by atoms with van der Waals surface area (Å²) in [6.07, 6.45) is 6.58. The van der Waals surface area contributed by atoms with Gasteiger partial charge in [0.1, 0.15) is 0 Å². The first-order valence-electron chi connectivity index (χ1n) is 11.3. The van der Waals surface area contributed by atoms with E-state index >= 15 is 0 Å². The molecule has 1 aliphatic carbocycles. The SMILES string of the molecule is CCNC(=NCc1ccc(S(=O)(=O)NC)cc1)NC1CCN(C(=O)C2CCCCC2)C1. The third-order valence-corrected chi connectivity index (χ3v) is 7.49. The molecule has 1 aliphatic heterocycles. The van der Waals surface area contributed by atoms with E-state index in [0.717, 1.165) is 44.5 Å². The van der Waals surface area contributed by atoms with Crippen molar-refractivity contribution in [3.8, 4) is 0 Å². The van der Waals surface area contributed by atoms with Crippen molar-refractivity contribution >= 4 is 21.9 Å². The standard InChI is InChI=1S/C22H35N5O3S/c1-3-24-22(25-15-17-9-11-20(12-10-17)31(29,30)23-2)26-19-13-14-27(16-19)21(28)18-7-5-4-6-8-18/h9-12,18-19,23H,3-8,13-16H2,1-2H3,(H2,24,25,26). The van der Waals surface area contributed by atoms with Crippen LogP contribution in [0.1, 0.15) is 51.0 Å². The Bertz CT molecular complexity index is 864. The number of aliphatic imine (C=N–C) groups is 1. The molecule has 1 aromatic carbocycles. The second-order valence-electron chi connectivity index (χ2n) is 8.30. The van der Waals surface area contributed by atoms with Crippen LogP contribution in [0.5, 0.6) is 0 Å². The van der Waals surface area contributed by atoms with E-state index in [-0.39, 0.29) is 16.9 Å². The molecule has 31 heavy (non-hydrogen) atoms. The third kappa shape index (κ3) is 6.43. The summed E-state index contributed by atoms with van der Waals surface area (Å²) in [7, 11) is -2.04. The molecule has 1 saturated heterocycles. The maximum atomic E-state index is 12.8. The number of sulfonamides is 1. The lowest BCUT2D eigenvalue weighted by Crippen LogP contribution is -2.45. The third-order valence-electron chi connectivity index (χ3n) is 6.06. The van der Waals surface area contributed by atoms with Crippen LogP contribution in [0.2, 0.25) is 0 Å². The maximum Gasteiger partial charge on any atom is 0.240 e.